The molecule has 2 aliphatic heterocycles. The molecule has 2 aliphatic rings. The molecule has 1 aromatic carbocycles. The molecule has 8 heteroatoms. The standard InChI is InChI=1S/C17H18ClN3O3S/c1-2-5-16-19-8-12-14(20-16)9-24-17(12)10-21(11-17)25(22,23)15-7-4-3-6-13(15)18/h3-4,6-8H,2,5,9-11H2,1H3. The van der Waals surface area contributed by atoms with Gasteiger partial charge < -0.3 is 4.74 Å². The SMILES string of the molecule is CCCc1ncc2c(n1)COC21CN(S(=O)(=O)c2ccccc2Cl)C1. The molecular weight excluding hydrogens is 362 g/mol. The van der Waals surface area contributed by atoms with Crippen LogP contribution in [0.4, 0.5) is 0 Å². The third-order valence-corrected chi connectivity index (χ3v) is 6.98. The van der Waals surface area contributed by atoms with Gasteiger partial charge in [-0.1, -0.05) is 30.7 Å². The number of rotatable bonds is 4. The summed E-state index contributed by atoms with van der Waals surface area (Å²) in [6.07, 6.45) is 3.60. The first-order valence-electron chi connectivity index (χ1n) is 8.20. The third kappa shape index (κ3) is 2.66. The number of halogens is 1. The first-order valence-corrected chi connectivity index (χ1v) is 10.0. The highest BCUT2D eigenvalue weighted by Crippen LogP contribution is 2.45. The Morgan fingerprint density at radius 3 is 2.80 bits per heavy atom. The average molecular weight is 380 g/mol. The predicted molar refractivity (Wildman–Crippen MR) is 92.7 cm³/mol. The number of sulfonamides is 1. The molecule has 2 aromatic rings. The van der Waals surface area contributed by atoms with E-state index in [0.717, 1.165) is 29.9 Å². The summed E-state index contributed by atoms with van der Waals surface area (Å²) in [6, 6.07) is 6.47. The lowest BCUT2D eigenvalue weighted by molar-refractivity contribution is -0.112. The lowest BCUT2D eigenvalue weighted by atomic mass is 9.90. The Kier molecular flexibility index (Phi) is 4.07. The van der Waals surface area contributed by atoms with E-state index in [4.69, 9.17) is 16.3 Å². The molecule has 1 saturated heterocycles. The van der Waals surface area contributed by atoms with Crippen LogP contribution in [-0.4, -0.2) is 35.8 Å². The van der Waals surface area contributed by atoms with Gasteiger partial charge in [-0.3, -0.25) is 0 Å². The molecular formula is C17H18ClN3O3S. The van der Waals surface area contributed by atoms with Gasteiger partial charge in [0.25, 0.3) is 0 Å². The van der Waals surface area contributed by atoms with Crippen LogP contribution in [0.1, 0.15) is 30.4 Å². The van der Waals surface area contributed by atoms with E-state index in [1.165, 1.54) is 10.4 Å². The van der Waals surface area contributed by atoms with Crippen LogP contribution in [0.3, 0.4) is 0 Å². The highest BCUT2D eigenvalue weighted by atomic mass is 35.5. The molecule has 0 aliphatic carbocycles. The van der Waals surface area contributed by atoms with Crippen LogP contribution in [0, 0.1) is 0 Å². The number of benzene rings is 1. The van der Waals surface area contributed by atoms with Gasteiger partial charge >= 0.3 is 0 Å². The highest BCUT2D eigenvalue weighted by Gasteiger charge is 2.55. The normalized spacial score (nSPS) is 19.0. The monoisotopic (exact) mass is 379 g/mol. The number of hydrogen-bond donors (Lipinski definition) is 0. The fraction of sp³-hybridized carbons (Fsp3) is 0.412. The van der Waals surface area contributed by atoms with Crippen LogP contribution in [0.5, 0.6) is 0 Å². The van der Waals surface area contributed by atoms with Crippen molar-refractivity contribution in [3.05, 3.63) is 52.6 Å². The quantitative estimate of drug-likeness (QED) is 0.816. The Hall–Kier alpha value is -1.54. The van der Waals surface area contributed by atoms with Crippen molar-refractivity contribution in [1.82, 2.24) is 14.3 Å². The van der Waals surface area contributed by atoms with Crippen molar-refractivity contribution >= 4 is 21.6 Å². The average Bonchev–Trinajstić information content (AvgIpc) is 2.93. The van der Waals surface area contributed by atoms with E-state index in [1.54, 1.807) is 24.4 Å². The molecule has 0 atom stereocenters. The van der Waals surface area contributed by atoms with Gasteiger partial charge in [-0.2, -0.15) is 4.31 Å². The van der Waals surface area contributed by atoms with Crippen molar-refractivity contribution in [3.63, 3.8) is 0 Å². The van der Waals surface area contributed by atoms with Gasteiger partial charge in [0.2, 0.25) is 10.0 Å². The van der Waals surface area contributed by atoms with Gasteiger partial charge in [-0.25, -0.2) is 18.4 Å². The van der Waals surface area contributed by atoms with Crippen LogP contribution >= 0.6 is 11.6 Å². The molecule has 1 spiro atoms. The minimum absolute atomic E-state index is 0.124. The zero-order valence-corrected chi connectivity index (χ0v) is 15.3. The van der Waals surface area contributed by atoms with Crippen LogP contribution in [0.25, 0.3) is 0 Å². The maximum Gasteiger partial charge on any atom is 0.244 e. The summed E-state index contributed by atoms with van der Waals surface area (Å²) in [5.41, 5.74) is 1.14. The minimum Gasteiger partial charge on any atom is -0.361 e. The molecule has 0 unspecified atom stereocenters. The predicted octanol–water partition coefficient (Wildman–Crippen LogP) is 2.51. The summed E-state index contributed by atoms with van der Waals surface area (Å²) in [4.78, 5) is 9.08. The van der Waals surface area contributed by atoms with Crippen molar-refractivity contribution in [1.29, 1.82) is 0 Å². The third-order valence-electron chi connectivity index (χ3n) is 4.69. The number of ether oxygens (including phenoxy) is 1. The zero-order valence-electron chi connectivity index (χ0n) is 13.8. The second kappa shape index (κ2) is 6.02. The lowest BCUT2D eigenvalue weighted by Crippen LogP contribution is -2.61. The van der Waals surface area contributed by atoms with E-state index < -0.39 is 15.6 Å². The summed E-state index contributed by atoms with van der Waals surface area (Å²) < 4.78 is 32.9. The topological polar surface area (TPSA) is 72.4 Å². The molecule has 132 valence electrons. The van der Waals surface area contributed by atoms with Crippen molar-refractivity contribution in [2.75, 3.05) is 13.1 Å². The summed E-state index contributed by atoms with van der Waals surface area (Å²) in [5.74, 6) is 0.807. The zero-order chi connectivity index (χ0) is 17.7. The number of hydrogen-bond acceptors (Lipinski definition) is 5. The van der Waals surface area contributed by atoms with E-state index in [9.17, 15) is 8.42 Å². The summed E-state index contributed by atoms with van der Waals surface area (Å²) in [5, 5.41) is 0.226. The fourth-order valence-corrected chi connectivity index (χ4v) is 5.35. The molecule has 4 rings (SSSR count). The molecule has 6 nitrogen and oxygen atoms in total. The molecule has 0 radical (unpaired) electrons. The van der Waals surface area contributed by atoms with E-state index in [2.05, 4.69) is 16.9 Å². The van der Waals surface area contributed by atoms with Crippen molar-refractivity contribution in [2.24, 2.45) is 0 Å². The van der Waals surface area contributed by atoms with Gasteiger partial charge in [-0.15, -0.1) is 0 Å². The molecule has 0 N–H and O–H groups in total. The Balaban J connectivity index is 1.58. The maximum atomic E-state index is 12.8. The Labute approximate surface area is 151 Å². The molecule has 0 saturated carbocycles. The van der Waals surface area contributed by atoms with Gasteiger partial charge in [0.15, 0.2) is 0 Å². The van der Waals surface area contributed by atoms with Crippen molar-refractivity contribution in [3.8, 4) is 0 Å². The molecule has 0 bridgehead atoms. The number of aromatic nitrogens is 2. The van der Waals surface area contributed by atoms with Gasteiger partial charge in [0.05, 0.1) is 17.3 Å². The van der Waals surface area contributed by atoms with E-state index in [-0.39, 0.29) is 23.0 Å². The van der Waals surface area contributed by atoms with E-state index in [0.29, 0.717) is 6.61 Å². The second-order valence-electron chi connectivity index (χ2n) is 6.38. The van der Waals surface area contributed by atoms with Gasteiger partial charge in [-0.05, 0) is 18.6 Å². The minimum atomic E-state index is -3.64. The van der Waals surface area contributed by atoms with E-state index >= 15 is 0 Å². The number of aryl methyl sites for hydroxylation is 1. The van der Waals surface area contributed by atoms with E-state index in [1.807, 2.05) is 0 Å². The van der Waals surface area contributed by atoms with Crippen LogP contribution < -0.4 is 0 Å². The maximum absolute atomic E-state index is 12.8. The van der Waals surface area contributed by atoms with Gasteiger partial charge in [0.1, 0.15) is 16.3 Å². The first kappa shape index (κ1) is 16.9. The fourth-order valence-electron chi connectivity index (χ4n) is 3.33. The first-order chi connectivity index (χ1) is 12.0. The smallest absolute Gasteiger partial charge is 0.244 e. The summed E-state index contributed by atoms with van der Waals surface area (Å²) in [6.45, 7) is 2.99. The largest absolute Gasteiger partial charge is 0.361 e. The van der Waals surface area contributed by atoms with Crippen LogP contribution in [-0.2, 0) is 33.4 Å². The number of nitrogens with zero attached hydrogens (tertiary/aromatic N) is 3. The van der Waals surface area contributed by atoms with Crippen molar-refractivity contribution < 1.29 is 13.2 Å². The molecule has 0 amide bonds. The highest BCUT2D eigenvalue weighted by molar-refractivity contribution is 7.89. The molecule has 25 heavy (non-hydrogen) atoms. The Bertz CT molecular complexity index is 926. The molecule has 1 fully saturated rings. The van der Waals surface area contributed by atoms with Gasteiger partial charge in [0, 0.05) is 31.3 Å². The van der Waals surface area contributed by atoms with Crippen LogP contribution in [0.15, 0.2) is 35.4 Å². The summed E-state index contributed by atoms with van der Waals surface area (Å²) in [7, 11) is -3.64. The molecule has 3 heterocycles. The second-order valence-corrected chi connectivity index (χ2v) is 8.70. The van der Waals surface area contributed by atoms with Crippen LogP contribution in [0.2, 0.25) is 5.02 Å². The summed E-state index contributed by atoms with van der Waals surface area (Å²) >= 11 is 6.06. The van der Waals surface area contributed by atoms with Crippen molar-refractivity contribution in [2.45, 2.75) is 36.9 Å². The molecule has 1 aromatic heterocycles. The Morgan fingerprint density at radius 2 is 2.08 bits per heavy atom. The Morgan fingerprint density at radius 1 is 1.32 bits per heavy atom. The lowest BCUT2D eigenvalue weighted by Gasteiger charge is -2.46. The number of fused-ring (bicyclic) bond motifs is 2.